The second-order valence-corrected chi connectivity index (χ2v) is 8.00. The summed E-state index contributed by atoms with van der Waals surface area (Å²) in [6.07, 6.45) is 0.898. The molecular formula is C9H16Br2Cl3O4P. The van der Waals surface area contributed by atoms with E-state index in [9.17, 15) is 4.57 Å². The van der Waals surface area contributed by atoms with Gasteiger partial charge in [-0.05, 0) is 12.8 Å². The molecule has 0 bridgehead atoms. The van der Waals surface area contributed by atoms with Gasteiger partial charge in [0.25, 0.3) is 0 Å². The third kappa shape index (κ3) is 6.29. The van der Waals surface area contributed by atoms with Gasteiger partial charge in [0.1, 0.15) is 0 Å². The molecule has 0 aromatic carbocycles. The molecular weight excluding hydrogens is 469 g/mol. The lowest BCUT2D eigenvalue weighted by atomic mass is 9.75. The van der Waals surface area contributed by atoms with Crippen molar-refractivity contribution in [1.29, 1.82) is 0 Å². The van der Waals surface area contributed by atoms with Crippen molar-refractivity contribution in [3.8, 4) is 0 Å². The SMILES string of the molecule is O=P(O)(O)OCC(CBr)(CBr)C(Cl)(CCCl)CCCl. The fourth-order valence-electron chi connectivity index (χ4n) is 1.64. The van der Waals surface area contributed by atoms with E-state index in [1.807, 2.05) is 0 Å². The average Bonchev–Trinajstić information content (AvgIpc) is 2.30. The Kier molecular flexibility index (Phi) is 10.1. The van der Waals surface area contributed by atoms with Gasteiger partial charge < -0.3 is 9.79 Å². The van der Waals surface area contributed by atoms with Crippen LogP contribution in [0, 0.1) is 5.41 Å². The first-order valence-electron chi connectivity index (χ1n) is 5.33. The Morgan fingerprint density at radius 1 is 1.11 bits per heavy atom. The highest BCUT2D eigenvalue weighted by Gasteiger charge is 2.49. The van der Waals surface area contributed by atoms with Crippen LogP contribution in [-0.2, 0) is 9.09 Å². The van der Waals surface area contributed by atoms with Gasteiger partial charge in [0.05, 0.1) is 11.5 Å². The molecule has 0 heterocycles. The zero-order valence-electron chi connectivity index (χ0n) is 10.00. The molecule has 0 unspecified atom stereocenters. The van der Waals surface area contributed by atoms with Crippen LogP contribution in [0.2, 0.25) is 0 Å². The zero-order valence-corrected chi connectivity index (χ0v) is 16.3. The molecule has 0 aromatic heterocycles. The molecule has 0 atom stereocenters. The number of hydrogen-bond acceptors (Lipinski definition) is 2. The van der Waals surface area contributed by atoms with Gasteiger partial charge in [-0.3, -0.25) is 4.52 Å². The first-order valence-corrected chi connectivity index (χ1v) is 10.5. The Balaban J connectivity index is 5.25. The first kappa shape index (κ1) is 20.9. The molecule has 10 heteroatoms. The molecule has 0 saturated carbocycles. The smallest absolute Gasteiger partial charge is 0.303 e. The molecule has 0 fully saturated rings. The summed E-state index contributed by atoms with van der Waals surface area (Å²) in [7, 11) is -4.56. The number of phosphoric ester groups is 1. The topological polar surface area (TPSA) is 66.8 Å². The van der Waals surface area contributed by atoms with Gasteiger partial charge in [0.15, 0.2) is 0 Å². The van der Waals surface area contributed by atoms with Gasteiger partial charge in [-0.2, -0.15) is 0 Å². The molecule has 2 N–H and O–H groups in total. The van der Waals surface area contributed by atoms with E-state index in [4.69, 9.17) is 44.6 Å². The highest BCUT2D eigenvalue weighted by molar-refractivity contribution is 9.09. The van der Waals surface area contributed by atoms with Crippen molar-refractivity contribution in [1.82, 2.24) is 0 Å². The molecule has 4 nitrogen and oxygen atoms in total. The van der Waals surface area contributed by atoms with Crippen LogP contribution in [-0.4, -0.2) is 43.7 Å². The molecule has 0 aromatic rings. The van der Waals surface area contributed by atoms with Crippen LogP contribution < -0.4 is 0 Å². The van der Waals surface area contributed by atoms with Crippen LogP contribution in [0.25, 0.3) is 0 Å². The molecule has 0 rings (SSSR count). The van der Waals surface area contributed by atoms with Gasteiger partial charge in [0, 0.05) is 27.8 Å². The molecule has 116 valence electrons. The minimum absolute atomic E-state index is 0.203. The van der Waals surface area contributed by atoms with E-state index in [1.165, 1.54) is 0 Å². The number of phosphoric acid groups is 1. The van der Waals surface area contributed by atoms with E-state index >= 15 is 0 Å². The van der Waals surface area contributed by atoms with Crippen LogP contribution >= 0.6 is 74.5 Å². The molecule has 0 radical (unpaired) electrons. The molecule has 0 aliphatic rings. The van der Waals surface area contributed by atoms with Gasteiger partial charge >= 0.3 is 7.82 Å². The predicted molar refractivity (Wildman–Crippen MR) is 87.3 cm³/mol. The van der Waals surface area contributed by atoms with Crippen LogP contribution in [0.4, 0.5) is 0 Å². The summed E-state index contributed by atoms with van der Waals surface area (Å²) >= 11 is 24.9. The first-order chi connectivity index (χ1) is 8.70. The van der Waals surface area contributed by atoms with Crippen molar-refractivity contribution in [2.75, 3.05) is 29.0 Å². The van der Waals surface area contributed by atoms with Gasteiger partial charge in [-0.1, -0.05) is 31.9 Å². The monoisotopic (exact) mass is 482 g/mol. The Morgan fingerprint density at radius 2 is 1.53 bits per heavy atom. The quantitative estimate of drug-likeness (QED) is 0.361. The van der Waals surface area contributed by atoms with Crippen LogP contribution in [0.3, 0.4) is 0 Å². The molecule has 0 spiro atoms. The summed E-state index contributed by atoms with van der Waals surface area (Å²) in [5.74, 6) is 0.635. The summed E-state index contributed by atoms with van der Waals surface area (Å²) in [6, 6.07) is 0. The summed E-state index contributed by atoms with van der Waals surface area (Å²) in [5, 5.41) is 0.783. The minimum Gasteiger partial charge on any atom is -0.303 e. The van der Waals surface area contributed by atoms with Crippen molar-refractivity contribution < 1.29 is 18.9 Å². The van der Waals surface area contributed by atoms with E-state index in [0.29, 0.717) is 35.3 Å². The minimum atomic E-state index is -4.56. The molecule has 19 heavy (non-hydrogen) atoms. The van der Waals surface area contributed by atoms with E-state index in [0.717, 1.165) is 0 Å². The van der Waals surface area contributed by atoms with E-state index in [1.54, 1.807) is 0 Å². The normalized spacial score (nSPS) is 13.8. The maximum absolute atomic E-state index is 10.9. The van der Waals surface area contributed by atoms with Crippen molar-refractivity contribution in [3.63, 3.8) is 0 Å². The van der Waals surface area contributed by atoms with Crippen molar-refractivity contribution >= 4 is 74.5 Å². The van der Waals surface area contributed by atoms with Gasteiger partial charge in [-0.15, -0.1) is 34.8 Å². The largest absolute Gasteiger partial charge is 0.469 e. The van der Waals surface area contributed by atoms with Crippen LogP contribution in [0.15, 0.2) is 0 Å². The Hall–Kier alpha value is 1.94. The Labute approximate surface area is 145 Å². The number of rotatable bonds is 10. The number of halogens is 5. The predicted octanol–water partition coefficient (Wildman–Crippen LogP) is 4.11. The van der Waals surface area contributed by atoms with Crippen LogP contribution in [0.1, 0.15) is 12.8 Å². The second kappa shape index (κ2) is 9.16. The van der Waals surface area contributed by atoms with E-state index in [-0.39, 0.29) is 6.61 Å². The van der Waals surface area contributed by atoms with Crippen LogP contribution in [0.5, 0.6) is 0 Å². The van der Waals surface area contributed by atoms with Crippen molar-refractivity contribution in [3.05, 3.63) is 0 Å². The van der Waals surface area contributed by atoms with Crippen molar-refractivity contribution in [2.24, 2.45) is 5.41 Å². The maximum Gasteiger partial charge on any atom is 0.469 e. The molecule has 0 saturated heterocycles. The standard InChI is InChI=1S/C9H16Br2Cl3O4P/c10-5-8(6-11,7-18-19(15,16)17)9(14,1-3-12)2-4-13/h1-7H2,(H2,15,16,17). The fraction of sp³-hybridized carbons (Fsp3) is 1.00. The molecule has 0 amide bonds. The average molecular weight is 485 g/mol. The summed E-state index contributed by atoms with van der Waals surface area (Å²) in [5.41, 5.74) is -0.737. The number of alkyl halides is 5. The van der Waals surface area contributed by atoms with E-state index < -0.39 is 18.1 Å². The van der Waals surface area contributed by atoms with Crippen molar-refractivity contribution in [2.45, 2.75) is 17.7 Å². The lowest BCUT2D eigenvalue weighted by molar-refractivity contribution is 0.102. The summed E-state index contributed by atoms with van der Waals surface area (Å²) < 4.78 is 15.6. The van der Waals surface area contributed by atoms with Gasteiger partial charge in [0.2, 0.25) is 0 Å². The second-order valence-electron chi connectivity index (χ2n) is 4.15. The molecule has 0 aliphatic carbocycles. The summed E-state index contributed by atoms with van der Waals surface area (Å²) in [6.45, 7) is -0.203. The highest BCUT2D eigenvalue weighted by Crippen LogP contribution is 2.49. The third-order valence-electron chi connectivity index (χ3n) is 2.95. The Morgan fingerprint density at radius 3 is 1.79 bits per heavy atom. The summed E-state index contributed by atoms with van der Waals surface area (Å²) in [4.78, 5) is 16.9. The van der Waals surface area contributed by atoms with Gasteiger partial charge in [-0.25, -0.2) is 4.57 Å². The highest BCUT2D eigenvalue weighted by atomic mass is 79.9. The maximum atomic E-state index is 10.9. The zero-order chi connectivity index (χ0) is 15.2. The van der Waals surface area contributed by atoms with E-state index in [2.05, 4.69) is 36.4 Å². The fourth-order valence-corrected chi connectivity index (χ4v) is 5.92. The molecule has 0 aliphatic heterocycles. The Bertz CT molecular complexity index is 306. The third-order valence-corrected chi connectivity index (χ3v) is 6.72. The lowest BCUT2D eigenvalue weighted by Crippen LogP contribution is -2.50. The number of hydrogen-bond donors (Lipinski definition) is 2. The lowest BCUT2D eigenvalue weighted by Gasteiger charge is -2.44.